The van der Waals surface area contributed by atoms with Crippen molar-refractivity contribution < 1.29 is 23.1 Å². The number of anilines is 1. The van der Waals surface area contributed by atoms with E-state index < -0.39 is 29.0 Å². The van der Waals surface area contributed by atoms with E-state index in [4.69, 9.17) is 4.74 Å². The first-order valence-electron chi connectivity index (χ1n) is 10.4. The third-order valence-corrected chi connectivity index (χ3v) is 5.89. The smallest absolute Gasteiger partial charge is 0.274 e. The highest BCUT2D eigenvalue weighted by molar-refractivity contribution is 6.08. The minimum absolute atomic E-state index is 0.00838. The number of carbonyl (C=O) groups is 2. The molecular weight excluding hydrogens is 408 g/mol. The van der Waals surface area contributed by atoms with Crippen LogP contribution in [0.25, 0.3) is 0 Å². The van der Waals surface area contributed by atoms with Gasteiger partial charge in [0.1, 0.15) is 17.2 Å². The molecule has 2 amide bonds. The summed E-state index contributed by atoms with van der Waals surface area (Å²) in [6.45, 7) is 3.42. The topological polar surface area (TPSA) is 99.3 Å². The zero-order valence-electron chi connectivity index (χ0n) is 17.0. The van der Waals surface area contributed by atoms with Gasteiger partial charge in [-0.05, 0) is 37.8 Å². The van der Waals surface area contributed by atoms with Crippen LogP contribution >= 0.6 is 0 Å². The average molecular weight is 433 g/mol. The number of morpholine rings is 1. The second-order valence-electron chi connectivity index (χ2n) is 7.83. The Hall–Kier alpha value is -2.85. The summed E-state index contributed by atoms with van der Waals surface area (Å²) in [5.41, 5.74) is -0.677. The monoisotopic (exact) mass is 433 g/mol. The first kappa shape index (κ1) is 21.4. The van der Waals surface area contributed by atoms with Crippen LogP contribution in [0.4, 0.5) is 14.5 Å². The number of aromatic nitrogens is 2. The lowest BCUT2D eigenvalue weighted by Crippen LogP contribution is -2.47. The van der Waals surface area contributed by atoms with Gasteiger partial charge in [-0.2, -0.15) is 5.10 Å². The Balaban J connectivity index is 1.34. The molecular formula is C21H25F2N5O3. The van der Waals surface area contributed by atoms with Crippen molar-refractivity contribution in [3.63, 3.8) is 0 Å². The number of nitrogens with one attached hydrogen (secondary N) is 3. The SMILES string of the molecule is O=C(N[C@H]1CC[C@@H](N2CCOCC2)CC1)c1n[nH]cc1NC(=O)c1c(F)cccc1F. The van der Waals surface area contributed by atoms with Crippen LogP contribution in [-0.4, -0.2) is 65.3 Å². The Labute approximate surface area is 178 Å². The molecule has 8 nitrogen and oxygen atoms in total. The van der Waals surface area contributed by atoms with Gasteiger partial charge in [-0.15, -0.1) is 0 Å². The zero-order chi connectivity index (χ0) is 21.8. The van der Waals surface area contributed by atoms with Gasteiger partial charge in [-0.1, -0.05) is 6.07 Å². The van der Waals surface area contributed by atoms with Gasteiger partial charge in [-0.25, -0.2) is 8.78 Å². The summed E-state index contributed by atoms with van der Waals surface area (Å²) in [7, 11) is 0. The molecule has 166 valence electrons. The number of hydrogen-bond donors (Lipinski definition) is 3. The Morgan fingerprint density at radius 2 is 1.74 bits per heavy atom. The molecule has 1 aliphatic heterocycles. The van der Waals surface area contributed by atoms with Crippen LogP contribution < -0.4 is 10.6 Å². The quantitative estimate of drug-likeness (QED) is 0.672. The molecule has 4 rings (SSSR count). The van der Waals surface area contributed by atoms with Crippen LogP contribution in [0.3, 0.4) is 0 Å². The normalized spacial score (nSPS) is 22.1. The fourth-order valence-corrected chi connectivity index (χ4v) is 4.24. The minimum atomic E-state index is -0.989. The molecule has 2 heterocycles. The number of benzene rings is 1. The number of hydrogen-bond acceptors (Lipinski definition) is 5. The Kier molecular flexibility index (Phi) is 6.57. The van der Waals surface area contributed by atoms with E-state index in [0.29, 0.717) is 6.04 Å². The number of halogens is 2. The van der Waals surface area contributed by atoms with Crippen molar-refractivity contribution in [2.45, 2.75) is 37.8 Å². The molecule has 2 fully saturated rings. The molecule has 31 heavy (non-hydrogen) atoms. The average Bonchev–Trinajstić information content (AvgIpc) is 3.23. The Morgan fingerprint density at radius 1 is 1.06 bits per heavy atom. The van der Waals surface area contributed by atoms with Gasteiger partial charge in [0.05, 0.1) is 18.9 Å². The number of ether oxygens (including phenoxy) is 1. The molecule has 0 unspecified atom stereocenters. The molecule has 10 heteroatoms. The van der Waals surface area contributed by atoms with Crippen molar-refractivity contribution >= 4 is 17.5 Å². The summed E-state index contributed by atoms with van der Waals surface area (Å²) in [5.74, 6) is -3.40. The zero-order valence-corrected chi connectivity index (χ0v) is 17.0. The maximum atomic E-state index is 13.8. The molecule has 1 aliphatic carbocycles. The van der Waals surface area contributed by atoms with Gasteiger partial charge in [-0.3, -0.25) is 19.6 Å². The summed E-state index contributed by atoms with van der Waals surface area (Å²) < 4.78 is 33.1. The molecule has 2 aliphatic rings. The van der Waals surface area contributed by atoms with Gasteiger partial charge in [0.25, 0.3) is 11.8 Å². The van der Waals surface area contributed by atoms with Crippen LogP contribution in [0.15, 0.2) is 24.4 Å². The lowest BCUT2D eigenvalue weighted by molar-refractivity contribution is 0.00664. The molecule has 0 spiro atoms. The Bertz CT molecular complexity index is 917. The number of nitrogens with zero attached hydrogens (tertiary/aromatic N) is 2. The maximum Gasteiger partial charge on any atom is 0.274 e. The first-order chi connectivity index (χ1) is 15.0. The number of carbonyl (C=O) groups excluding carboxylic acids is 2. The van der Waals surface area contributed by atoms with Crippen LogP contribution in [-0.2, 0) is 4.74 Å². The maximum absolute atomic E-state index is 13.8. The second kappa shape index (κ2) is 9.52. The van der Waals surface area contributed by atoms with E-state index in [1.807, 2.05) is 0 Å². The molecule has 2 aromatic rings. The predicted octanol–water partition coefficient (Wildman–Crippen LogP) is 2.31. The third-order valence-electron chi connectivity index (χ3n) is 5.89. The second-order valence-corrected chi connectivity index (χ2v) is 7.83. The highest BCUT2D eigenvalue weighted by Gasteiger charge is 2.29. The van der Waals surface area contributed by atoms with Gasteiger partial charge < -0.3 is 15.4 Å². The molecule has 0 bridgehead atoms. The fraction of sp³-hybridized carbons (Fsp3) is 0.476. The number of amides is 2. The summed E-state index contributed by atoms with van der Waals surface area (Å²) in [6, 6.07) is 3.68. The van der Waals surface area contributed by atoms with Crippen molar-refractivity contribution in [2.75, 3.05) is 31.6 Å². The van der Waals surface area contributed by atoms with Crippen LogP contribution in [0.1, 0.15) is 46.5 Å². The van der Waals surface area contributed by atoms with Gasteiger partial charge >= 0.3 is 0 Å². The fourth-order valence-electron chi connectivity index (χ4n) is 4.24. The van der Waals surface area contributed by atoms with Gasteiger partial charge in [0.15, 0.2) is 5.69 Å². The number of H-pyrrole nitrogens is 1. The molecule has 1 saturated carbocycles. The largest absolute Gasteiger partial charge is 0.379 e. The molecule has 0 atom stereocenters. The molecule has 3 N–H and O–H groups in total. The number of rotatable bonds is 5. The minimum Gasteiger partial charge on any atom is -0.379 e. The molecule has 1 aromatic heterocycles. The van der Waals surface area contributed by atoms with E-state index in [-0.39, 0.29) is 17.4 Å². The van der Waals surface area contributed by atoms with Crippen LogP contribution in [0.5, 0.6) is 0 Å². The van der Waals surface area contributed by atoms with Gasteiger partial charge in [0.2, 0.25) is 0 Å². The van der Waals surface area contributed by atoms with Crippen molar-refractivity contribution in [1.29, 1.82) is 0 Å². The van der Waals surface area contributed by atoms with Crippen molar-refractivity contribution in [3.8, 4) is 0 Å². The van der Waals surface area contributed by atoms with Crippen molar-refractivity contribution in [2.24, 2.45) is 0 Å². The first-order valence-corrected chi connectivity index (χ1v) is 10.4. The van der Waals surface area contributed by atoms with E-state index >= 15 is 0 Å². The van der Waals surface area contributed by atoms with E-state index in [0.717, 1.165) is 64.1 Å². The van der Waals surface area contributed by atoms with Crippen LogP contribution in [0.2, 0.25) is 0 Å². The molecule has 1 saturated heterocycles. The summed E-state index contributed by atoms with van der Waals surface area (Å²) in [5, 5.41) is 11.7. The summed E-state index contributed by atoms with van der Waals surface area (Å²) >= 11 is 0. The highest BCUT2D eigenvalue weighted by atomic mass is 19.1. The van der Waals surface area contributed by atoms with Crippen molar-refractivity contribution in [1.82, 2.24) is 20.4 Å². The van der Waals surface area contributed by atoms with E-state index in [2.05, 4.69) is 25.7 Å². The Morgan fingerprint density at radius 3 is 2.42 bits per heavy atom. The molecule has 0 radical (unpaired) electrons. The molecule has 1 aromatic carbocycles. The van der Waals surface area contributed by atoms with Crippen molar-refractivity contribution in [3.05, 3.63) is 47.3 Å². The highest BCUT2D eigenvalue weighted by Crippen LogP contribution is 2.25. The third kappa shape index (κ3) is 4.91. The van der Waals surface area contributed by atoms with Gasteiger partial charge in [0, 0.05) is 31.4 Å². The van der Waals surface area contributed by atoms with E-state index in [1.165, 1.54) is 12.3 Å². The standard InChI is InChI=1S/C21H25F2N5O3/c22-15-2-1-3-16(23)18(15)20(29)26-17-12-24-27-19(17)21(30)25-13-4-6-14(7-5-13)28-8-10-31-11-9-28/h1-3,12-14H,4-11H2,(H,24,27)(H,25,30)(H,26,29)/t13-,14+. The number of aromatic amines is 1. The predicted molar refractivity (Wildman–Crippen MR) is 109 cm³/mol. The lowest BCUT2D eigenvalue weighted by atomic mass is 9.90. The van der Waals surface area contributed by atoms with Crippen LogP contribution in [0, 0.1) is 11.6 Å². The summed E-state index contributed by atoms with van der Waals surface area (Å²) in [6.07, 6.45) is 4.98. The van der Waals surface area contributed by atoms with E-state index in [9.17, 15) is 18.4 Å². The van der Waals surface area contributed by atoms with E-state index in [1.54, 1.807) is 0 Å². The summed E-state index contributed by atoms with van der Waals surface area (Å²) in [4.78, 5) is 27.5. The lowest BCUT2D eigenvalue weighted by Gasteiger charge is -2.38.